The second-order valence-corrected chi connectivity index (χ2v) is 3.10. The first-order valence-electron chi connectivity index (χ1n) is 3.43. The van der Waals surface area contributed by atoms with Crippen molar-refractivity contribution in [1.82, 2.24) is 4.98 Å². The van der Waals surface area contributed by atoms with Gasteiger partial charge in [-0.05, 0) is 18.4 Å². The Morgan fingerprint density at radius 1 is 1.46 bits per heavy atom. The summed E-state index contributed by atoms with van der Waals surface area (Å²) in [5.41, 5.74) is -0.0368. The molecule has 1 N–H and O–H groups in total. The predicted octanol–water partition coefficient (Wildman–Crippen LogP) is 1.07. The summed E-state index contributed by atoms with van der Waals surface area (Å²) in [4.78, 5) is 25.7. The largest absolute Gasteiger partial charge is 0.475 e. The van der Waals surface area contributed by atoms with Gasteiger partial charge in [0.05, 0.1) is 0 Å². The lowest BCUT2D eigenvalue weighted by molar-refractivity contribution is -0.131. The molecule has 0 amide bonds. The molecule has 0 aromatic carbocycles. The fourth-order valence-corrected chi connectivity index (χ4v) is 1.11. The Bertz CT molecular complexity index is 334. The number of Topliss-reactive ketones (excluding diaryl/α,β-unsaturated/α-hetero) is 1. The summed E-state index contributed by atoms with van der Waals surface area (Å²) in [7, 11) is 0. The molecule has 0 saturated heterocycles. The van der Waals surface area contributed by atoms with Crippen LogP contribution in [0.2, 0.25) is 0 Å². The molecule has 0 spiro atoms. The molecule has 1 aromatic rings. The fourth-order valence-electron chi connectivity index (χ4n) is 0.745. The first-order valence-corrected chi connectivity index (χ1v) is 4.65. The molecule has 1 aromatic heterocycles. The number of aliphatic carboxylic acids is 1. The van der Waals surface area contributed by atoms with Gasteiger partial charge in [0.25, 0.3) is 5.78 Å². The van der Waals surface area contributed by atoms with Crippen LogP contribution in [0.4, 0.5) is 0 Å². The zero-order chi connectivity index (χ0) is 9.84. The number of carboxylic acids is 1. The van der Waals surface area contributed by atoms with Crippen LogP contribution in [0, 0.1) is 0 Å². The van der Waals surface area contributed by atoms with Crippen LogP contribution in [-0.4, -0.2) is 28.1 Å². The third kappa shape index (κ3) is 2.29. The Morgan fingerprint density at radius 2 is 2.15 bits per heavy atom. The molecule has 68 valence electrons. The van der Waals surface area contributed by atoms with E-state index >= 15 is 0 Å². The zero-order valence-electron chi connectivity index (χ0n) is 6.85. The van der Waals surface area contributed by atoms with Gasteiger partial charge in [-0.1, -0.05) is 0 Å². The van der Waals surface area contributed by atoms with Crippen molar-refractivity contribution in [3.63, 3.8) is 0 Å². The van der Waals surface area contributed by atoms with Crippen molar-refractivity contribution in [3.05, 3.63) is 24.0 Å². The van der Waals surface area contributed by atoms with Gasteiger partial charge in [0, 0.05) is 11.1 Å². The van der Waals surface area contributed by atoms with Gasteiger partial charge in [-0.3, -0.25) is 9.78 Å². The zero-order valence-corrected chi connectivity index (χ0v) is 7.67. The van der Waals surface area contributed by atoms with Gasteiger partial charge in [0.1, 0.15) is 5.69 Å². The third-order valence-electron chi connectivity index (χ3n) is 1.40. The van der Waals surface area contributed by atoms with Crippen LogP contribution in [0.15, 0.2) is 23.2 Å². The number of aromatic nitrogens is 1. The van der Waals surface area contributed by atoms with Crippen LogP contribution in [-0.2, 0) is 4.79 Å². The molecular formula is C8H7NO3S. The highest BCUT2D eigenvalue weighted by Crippen LogP contribution is 2.12. The number of carboxylic acid groups (broad SMARTS) is 1. The van der Waals surface area contributed by atoms with Crippen LogP contribution in [0.1, 0.15) is 10.5 Å². The number of hydrogen-bond acceptors (Lipinski definition) is 4. The first-order chi connectivity index (χ1) is 6.15. The van der Waals surface area contributed by atoms with E-state index in [1.807, 2.05) is 6.26 Å². The Kier molecular flexibility index (Phi) is 3.02. The molecule has 0 aliphatic heterocycles. The molecular weight excluding hydrogens is 190 g/mol. The van der Waals surface area contributed by atoms with Crippen LogP contribution >= 0.6 is 11.8 Å². The standard InChI is InChI=1S/C8H7NO3S/c1-13-5-2-3-6(9-4-5)7(10)8(11)12/h2-4H,1H3,(H,11,12). The summed E-state index contributed by atoms with van der Waals surface area (Å²) < 4.78 is 0. The average molecular weight is 197 g/mol. The van der Waals surface area contributed by atoms with E-state index in [2.05, 4.69) is 4.98 Å². The Morgan fingerprint density at radius 3 is 2.54 bits per heavy atom. The molecule has 0 fully saturated rings. The number of thioether (sulfide) groups is 1. The summed E-state index contributed by atoms with van der Waals surface area (Å²) in [6.07, 6.45) is 3.34. The van der Waals surface area contributed by atoms with Crippen molar-refractivity contribution in [2.45, 2.75) is 4.90 Å². The van der Waals surface area contributed by atoms with Crippen LogP contribution in [0.3, 0.4) is 0 Å². The number of pyridine rings is 1. The Hall–Kier alpha value is -1.36. The molecule has 0 unspecified atom stereocenters. The molecule has 0 bridgehead atoms. The average Bonchev–Trinajstić information content (AvgIpc) is 2.17. The minimum Gasteiger partial charge on any atom is -0.475 e. The molecule has 1 heterocycles. The summed E-state index contributed by atoms with van der Waals surface area (Å²) in [6, 6.07) is 3.07. The van der Waals surface area contributed by atoms with Gasteiger partial charge >= 0.3 is 5.97 Å². The van der Waals surface area contributed by atoms with E-state index in [1.165, 1.54) is 24.0 Å². The predicted molar refractivity (Wildman–Crippen MR) is 48.0 cm³/mol. The number of carbonyl (C=O) groups is 2. The maximum absolute atomic E-state index is 10.9. The molecule has 1 rings (SSSR count). The van der Waals surface area contributed by atoms with E-state index in [-0.39, 0.29) is 5.69 Å². The van der Waals surface area contributed by atoms with Gasteiger partial charge < -0.3 is 5.11 Å². The molecule has 0 aliphatic carbocycles. The van der Waals surface area contributed by atoms with Gasteiger partial charge in [-0.25, -0.2) is 4.79 Å². The van der Waals surface area contributed by atoms with Gasteiger partial charge in [0.2, 0.25) is 0 Å². The summed E-state index contributed by atoms with van der Waals surface area (Å²) in [6.45, 7) is 0. The SMILES string of the molecule is CSc1ccc(C(=O)C(=O)O)nc1. The van der Waals surface area contributed by atoms with Gasteiger partial charge in [0.15, 0.2) is 0 Å². The highest BCUT2D eigenvalue weighted by molar-refractivity contribution is 7.98. The second kappa shape index (κ2) is 4.04. The van der Waals surface area contributed by atoms with Crippen molar-refractivity contribution in [3.8, 4) is 0 Å². The van der Waals surface area contributed by atoms with Crippen molar-refractivity contribution >= 4 is 23.5 Å². The molecule has 0 atom stereocenters. The fraction of sp³-hybridized carbons (Fsp3) is 0.125. The molecule has 0 saturated carbocycles. The normalized spacial score (nSPS) is 9.62. The minimum atomic E-state index is -1.48. The monoisotopic (exact) mass is 197 g/mol. The number of ketones is 1. The van der Waals surface area contributed by atoms with Gasteiger partial charge in [-0.15, -0.1) is 11.8 Å². The highest BCUT2D eigenvalue weighted by Gasteiger charge is 2.15. The lowest BCUT2D eigenvalue weighted by atomic mass is 10.2. The molecule has 0 aliphatic rings. The highest BCUT2D eigenvalue weighted by atomic mass is 32.2. The maximum Gasteiger partial charge on any atom is 0.378 e. The maximum atomic E-state index is 10.9. The van der Waals surface area contributed by atoms with E-state index in [1.54, 1.807) is 6.07 Å². The van der Waals surface area contributed by atoms with Crippen molar-refractivity contribution < 1.29 is 14.7 Å². The van der Waals surface area contributed by atoms with E-state index in [9.17, 15) is 9.59 Å². The number of hydrogen-bond donors (Lipinski definition) is 1. The summed E-state index contributed by atoms with van der Waals surface area (Å²) >= 11 is 1.48. The molecule has 4 nitrogen and oxygen atoms in total. The van der Waals surface area contributed by atoms with Gasteiger partial charge in [-0.2, -0.15) is 0 Å². The van der Waals surface area contributed by atoms with Crippen molar-refractivity contribution in [2.75, 3.05) is 6.26 Å². The summed E-state index contributed by atoms with van der Waals surface area (Å²) in [5, 5.41) is 8.37. The quantitative estimate of drug-likeness (QED) is 0.446. The molecule has 5 heteroatoms. The van der Waals surface area contributed by atoms with Crippen LogP contribution in [0.5, 0.6) is 0 Å². The number of rotatable bonds is 3. The Balaban J connectivity index is 2.92. The van der Waals surface area contributed by atoms with Crippen LogP contribution in [0.25, 0.3) is 0 Å². The molecule has 13 heavy (non-hydrogen) atoms. The van der Waals surface area contributed by atoms with Crippen molar-refractivity contribution in [1.29, 1.82) is 0 Å². The topological polar surface area (TPSA) is 67.3 Å². The lowest BCUT2D eigenvalue weighted by Crippen LogP contribution is -2.13. The van der Waals surface area contributed by atoms with Crippen molar-refractivity contribution in [2.24, 2.45) is 0 Å². The molecule has 0 radical (unpaired) electrons. The second-order valence-electron chi connectivity index (χ2n) is 2.22. The van der Waals surface area contributed by atoms with E-state index in [0.717, 1.165) is 4.90 Å². The lowest BCUT2D eigenvalue weighted by Gasteiger charge is -1.96. The minimum absolute atomic E-state index is 0.0368. The first kappa shape index (κ1) is 9.73. The number of nitrogens with zero attached hydrogens (tertiary/aromatic N) is 1. The Labute approximate surface area is 79.0 Å². The van der Waals surface area contributed by atoms with E-state index < -0.39 is 11.8 Å². The third-order valence-corrected chi connectivity index (χ3v) is 2.11. The van der Waals surface area contributed by atoms with Crippen LogP contribution < -0.4 is 0 Å². The van der Waals surface area contributed by atoms with E-state index in [4.69, 9.17) is 5.11 Å². The summed E-state index contributed by atoms with van der Waals surface area (Å²) in [5.74, 6) is -2.46. The number of carbonyl (C=O) groups excluding carboxylic acids is 1. The smallest absolute Gasteiger partial charge is 0.378 e. The van der Waals surface area contributed by atoms with E-state index in [0.29, 0.717) is 0 Å².